The van der Waals surface area contributed by atoms with Crippen molar-refractivity contribution >= 4 is 23.3 Å². The third kappa shape index (κ3) is 7.66. The molecule has 2 rings (SSSR count). The Morgan fingerprint density at radius 1 is 0.667 bits per heavy atom. The minimum absolute atomic E-state index is 0.0219. The van der Waals surface area contributed by atoms with Gasteiger partial charge in [0.1, 0.15) is 13.2 Å². The molecule has 10 nitrogen and oxygen atoms in total. The molecule has 0 aliphatic heterocycles. The molecule has 30 heavy (non-hydrogen) atoms. The van der Waals surface area contributed by atoms with E-state index in [0.29, 0.717) is 24.0 Å². The third-order valence-corrected chi connectivity index (χ3v) is 4.11. The number of rotatable bonds is 11. The number of ether oxygens (including phenoxy) is 2. The van der Waals surface area contributed by atoms with Crippen molar-refractivity contribution in [1.29, 1.82) is 0 Å². The fraction of sp³-hybridized carbons (Fsp3) is 0.300. The molecule has 0 aliphatic carbocycles. The van der Waals surface area contributed by atoms with E-state index in [2.05, 4.69) is 0 Å². The highest BCUT2D eigenvalue weighted by Crippen LogP contribution is 2.14. The van der Waals surface area contributed by atoms with Gasteiger partial charge in [0.25, 0.3) is 11.4 Å². The van der Waals surface area contributed by atoms with Crippen LogP contribution >= 0.6 is 0 Å². The van der Waals surface area contributed by atoms with Crippen LogP contribution in [0.1, 0.15) is 36.8 Å². The molecule has 0 atom stereocenters. The molecule has 2 aromatic rings. The van der Waals surface area contributed by atoms with Gasteiger partial charge < -0.3 is 9.47 Å². The molecule has 10 heteroatoms. The van der Waals surface area contributed by atoms with Gasteiger partial charge in [0.2, 0.25) is 0 Å². The third-order valence-electron chi connectivity index (χ3n) is 4.11. The minimum Gasteiger partial charge on any atom is -0.461 e. The molecule has 2 aromatic carbocycles. The average Bonchev–Trinajstić information content (AvgIpc) is 2.74. The zero-order valence-electron chi connectivity index (χ0n) is 16.0. The number of esters is 2. The average molecular weight is 416 g/mol. The fourth-order valence-electron chi connectivity index (χ4n) is 2.44. The molecule has 0 fully saturated rings. The van der Waals surface area contributed by atoms with Gasteiger partial charge in [0.05, 0.1) is 9.85 Å². The summed E-state index contributed by atoms with van der Waals surface area (Å²) in [4.78, 5) is 43.6. The van der Waals surface area contributed by atoms with Crippen molar-refractivity contribution in [2.24, 2.45) is 0 Å². The molecular formula is C20H20N2O8. The highest BCUT2D eigenvalue weighted by Gasteiger charge is 2.09. The first-order valence-corrected chi connectivity index (χ1v) is 9.13. The second kappa shape index (κ2) is 11.2. The maximum atomic E-state index is 11.7. The van der Waals surface area contributed by atoms with Gasteiger partial charge >= 0.3 is 11.9 Å². The molecule has 158 valence electrons. The topological polar surface area (TPSA) is 139 Å². The van der Waals surface area contributed by atoms with E-state index in [0.717, 1.165) is 0 Å². The molecular weight excluding hydrogens is 396 g/mol. The lowest BCUT2D eigenvalue weighted by Gasteiger charge is -2.06. The number of carbonyl (C=O) groups is 2. The summed E-state index contributed by atoms with van der Waals surface area (Å²) < 4.78 is 10.2. The number of benzene rings is 2. The summed E-state index contributed by atoms with van der Waals surface area (Å²) in [5.74, 6) is -0.847. The van der Waals surface area contributed by atoms with Gasteiger partial charge in [0.15, 0.2) is 0 Å². The van der Waals surface area contributed by atoms with Crippen LogP contribution in [0.4, 0.5) is 11.4 Å². The summed E-state index contributed by atoms with van der Waals surface area (Å²) in [6.45, 7) is 0.0439. The highest BCUT2D eigenvalue weighted by molar-refractivity contribution is 5.70. The molecule has 0 unspecified atom stereocenters. The molecule has 0 aromatic heterocycles. The number of nitro groups is 2. The summed E-state index contributed by atoms with van der Waals surface area (Å²) in [5.41, 5.74) is 1.21. The van der Waals surface area contributed by atoms with Crippen LogP contribution in [0.2, 0.25) is 0 Å². The van der Waals surface area contributed by atoms with Crippen LogP contribution in [-0.2, 0) is 32.3 Å². The maximum absolute atomic E-state index is 11.7. The van der Waals surface area contributed by atoms with Crippen molar-refractivity contribution in [3.63, 3.8) is 0 Å². The molecule has 0 spiro atoms. The van der Waals surface area contributed by atoms with Crippen molar-refractivity contribution in [2.45, 2.75) is 38.9 Å². The Kier molecular flexibility index (Phi) is 8.42. The largest absolute Gasteiger partial charge is 0.461 e. The Bertz CT molecular complexity index is 819. The van der Waals surface area contributed by atoms with Gasteiger partial charge in [-0.2, -0.15) is 0 Å². The number of nitro benzene ring substituents is 2. The van der Waals surface area contributed by atoms with Crippen molar-refractivity contribution in [2.75, 3.05) is 0 Å². The lowest BCUT2D eigenvalue weighted by Crippen LogP contribution is -2.07. The predicted molar refractivity (Wildman–Crippen MR) is 104 cm³/mol. The molecule has 0 bridgehead atoms. The quantitative estimate of drug-likeness (QED) is 0.233. The lowest BCUT2D eigenvalue weighted by atomic mass is 10.2. The molecule has 0 aliphatic rings. The first-order chi connectivity index (χ1) is 14.3. The monoisotopic (exact) mass is 416 g/mol. The smallest absolute Gasteiger partial charge is 0.306 e. The number of hydrogen-bond donors (Lipinski definition) is 0. The Balaban J connectivity index is 1.58. The molecule has 0 radical (unpaired) electrons. The Labute approximate surface area is 171 Å². The van der Waals surface area contributed by atoms with Gasteiger partial charge in [-0.25, -0.2) is 0 Å². The molecule has 0 saturated carbocycles. The second-order valence-electron chi connectivity index (χ2n) is 6.38. The number of non-ortho nitro benzene ring substituents is 2. The van der Waals surface area contributed by atoms with Crippen LogP contribution in [0, 0.1) is 20.2 Å². The number of carbonyl (C=O) groups excluding carboxylic acids is 2. The van der Waals surface area contributed by atoms with Crippen LogP contribution in [0.25, 0.3) is 0 Å². The van der Waals surface area contributed by atoms with Crippen LogP contribution < -0.4 is 0 Å². The van der Waals surface area contributed by atoms with Gasteiger partial charge in [-0.05, 0) is 48.2 Å². The first kappa shape index (κ1) is 22.5. The number of unbranched alkanes of at least 4 members (excludes halogenated alkanes) is 1. The highest BCUT2D eigenvalue weighted by atomic mass is 16.6. The molecule has 0 saturated heterocycles. The first-order valence-electron chi connectivity index (χ1n) is 9.13. The molecule has 0 heterocycles. The standard InChI is InChI=1S/C20H20N2O8/c23-19(29-13-15-5-9-17(10-6-15)21(25)26)3-1-2-4-20(24)30-14-16-7-11-18(12-8-16)22(27)28/h5-12H,1-4,13-14H2. The zero-order valence-corrected chi connectivity index (χ0v) is 16.0. The van der Waals surface area contributed by atoms with Crippen molar-refractivity contribution in [1.82, 2.24) is 0 Å². The fourth-order valence-corrected chi connectivity index (χ4v) is 2.44. The van der Waals surface area contributed by atoms with Crippen LogP contribution in [0.3, 0.4) is 0 Å². The minimum atomic E-state index is -0.507. The summed E-state index contributed by atoms with van der Waals surface area (Å²) >= 11 is 0. The lowest BCUT2D eigenvalue weighted by molar-refractivity contribution is -0.385. The van der Waals surface area contributed by atoms with Crippen LogP contribution in [0.15, 0.2) is 48.5 Å². The Morgan fingerprint density at radius 2 is 1.00 bits per heavy atom. The van der Waals surface area contributed by atoms with E-state index in [9.17, 15) is 29.8 Å². The van der Waals surface area contributed by atoms with Crippen molar-refractivity contribution in [3.05, 3.63) is 79.9 Å². The van der Waals surface area contributed by atoms with Gasteiger partial charge in [0, 0.05) is 37.1 Å². The number of nitrogens with zero attached hydrogens (tertiary/aromatic N) is 2. The van der Waals surface area contributed by atoms with E-state index < -0.39 is 21.8 Å². The predicted octanol–water partition coefficient (Wildman–Crippen LogP) is 3.85. The molecule has 0 amide bonds. The van der Waals surface area contributed by atoms with Crippen molar-refractivity contribution in [3.8, 4) is 0 Å². The SMILES string of the molecule is O=C(CCCCC(=O)OCc1ccc([N+](=O)[O-])cc1)OCc1ccc([N+](=O)[O-])cc1. The molecule has 0 N–H and O–H groups in total. The number of hydrogen-bond acceptors (Lipinski definition) is 8. The van der Waals surface area contributed by atoms with Gasteiger partial charge in [-0.3, -0.25) is 29.8 Å². The van der Waals surface area contributed by atoms with Gasteiger partial charge in [-0.15, -0.1) is 0 Å². The zero-order chi connectivity index (χ0) is 21.9. The Hall–Kier alpha value is -3.82. The van der Waals surface area contributed by atoms with E-state index in [1.54, 1.807) is 0 Å². The van der Waals surface area contributed by atoms with Crippen LogP contribution in [-0.4, -0.2) is 21.8 Å². The van der Waals surface area contributed by atoms with E-state index in [-0.39, 0.29) is 37.4 Å². The van der Waals surface area contributed by atoms with E-state index in [4.69, 9.17) is 9.47 Å². The Morgan fingerprint density at radius 3 is 1.30 bits per heavy atom. The van der Waals surface area contributed by atoms with E-state index in [1.165, 1.54) is 48.5 Å². The van der Waals surface area contributed by atoms with Gasteiger partial charge in [-0.1, -0.05) is 0 Å². The van der Waals surface area contributed by atoms with Crippen LogP contribution in [0.5, 0.6) is 0 Å². The summed E-state index contributed by atoms with van der Waals surface area (Å²) in [5, 5.41) is 21.2. The van der Waals surface area contributed by atoms with Crippen molar-refractivity contribution < 1.29 is 28.9 Å². The normalized spacial score (nSPS) is 10.3. The summed E-state index contributed by atoms with van der Waals surface area (Å²) in [6, 6.07) is 11.4. The summed E-state index contributed by atoms with van der Waals surface area (Å²) in [6.07, 6.45) is 1.18. The van der Waals surface area contributed by atoms with E-state index in [1.807, 2.05) is 0 Å². The summed E-state index contributed by atoms with van der Waals surface area (Å²) in [7, 11) is 0. The second-order valence-corrected chi connectivity index (χ2v) is 6.38. The maximum Gasteiger partial charge on any atom is 0.306 e. The van der Waals surface area contributed by atoms with E-state index >= 15 is 0 Å².